The number of carbonyl (C=O) groups is 1. The second-order valence-electron chi connectivity index (χ2n) is 3.86. The number of nitrogens with one attached hydrogen (secondary N) is 1. The fourth-order valence-corrected chi connectivity index (χ4v) is 2.09. The lowest BCUT2D eigenvalue weighted by Gasteiger charge is -2.08. The Morgan fingerprint density at radius 1 is 1.42 bits per heavy atom. The highest BCUT2D eigenvalue weighted by Crippen LogP contribution is 2.16. The number of amides is 1. The van der Waals surface area contributed by atoms with Crippen LogP contribution in [-0.4, -0.2) is 46.9 Å². The maximum Gasteiger partial charge on any atom is 0.234 e. The molecule has 1 amide bonds. The number of hydrogen-bond donors (Lipinski definition) is 3. The van der Waals surface area contributed by atoms with Gasteiger partial charge in [0.1, 0.15) is 5.75 Å². The number of hydrogen-bond acceptors (Lipinski definition) is 5. The molecule has 0 spiro atoms. The molecule has 0 heterocycles. The third-order valence-corrected chi connectivity index (χ3v) is 3.29. The van der Waals surface area contributed by atoms with E-state index >= 15 is 0 Å². The molecule has 0 bridgehead atoms. The Morgan fingerprint density at radius 3 is 2.68 bits per heavy atom. The number of aliphatic hydroxyl groups is 2. The van der Waals surface area contributed by atoms with Crippen LogP contribution in [0.2, 0.25) is 0 Å². The van der Waals surface area contributed by atoms with Crippen molar-refractivity contribution >= 4 is 23.4 Å². The summed E-state index contributed by atoms with van der Waals surface area (Å²) in [5.74, 6) is 1.21. The van der Waals surface area contributed by atoms with Gasteiger partial charge in [-0.3, -0.25) is 4.79 Å². The van der Waals surface area contributed by atoms with Crippen molar-refractivity contribution in [2.45, 2.75) is 13.0 Å². The fourth-order valence-electron chi connectivity index (χ4n) is 1.34. The largest absolute Gasteiger partial charge is 0.494 e. The molecule has 1 rings (SSSR count). The van der Waals surface area contributed by atoms with Gasteiger partial charge in [0.05, 0.1) is 25.1 Å². The average Bonchev–Trinajstić information content (AvgIpc) is 2.41. The first-order valence-electron chi connectivity index (χ1n) is 6.05. The zero-order chi connectivity index (χ0) is 14.1. The minimum absolute atomic E-state index is 0.140. The van der Waals surface area contributed by atoms with Crippen LogP contribution in [0.15, 0.2) is 24.3 Å². The smallest absolute Gasteiger partial charge is 0.234 e. The first kappa shape index (κ1) is 15.8. The van der Waals surface area contributed by atoms with Crippen molar-refractivity contribution in [3.05, 3.63) is 24.3 Å². The Kier molecular flexibility index (Phi) is 7.32. The van der Waals surface area contributed by atoms with E-state index in [1.54, 1.807) is 24.3 Å². The quantitative estimate of drug-likeness (QED) is 0.667. The minimum atomic E-state index is -0.775. The Bertz CT molecular complexity index is 383. The van der Waals surface area contributed by atoms with Crippen molar-refractivity contribution in [1.82, 2.24) is 0 Å². The highest BCUT2D eigenvalue weighted by Gasteiger charge is 2.06. The molecule has 0 aliphatic heterocycles. The van der Waals surface area contributed by atoms with Gasteiger partial charge < -0.3 is 20.3 Å². The van der Waals surface area contributed by atoms with Gasteiger partial charge in [-0.1, -0.05) is 0 Å². The number of carbonyl (C=O) groups excluding carboxylic acids is 1. The lowest BCUT2D eigenvalue weighted by Crippen LogP contribution is -2.19. The normalized spacial score (nSPS) is 11.9. The predicted molar refractivity (Wildman–Crippen MR) is 76.7 cm³/mol. The van der Waals surface area contributed by atoms with Gasteiger partial charge in [0, 0.05) is 11.4 Å². The highest BCUT2D eigenvalue weighted by atomic mass is 32.2. The Hall–Kier alpha value is -1.24. The first-order chi connectivity index (χ1) is 9.15. The van der Waals surface area contributed by atoms with Crippen LogP contribution in [0.3, 0.4) is 0 Å². The summed E-state index contributed by atoms with van der Waals surface area (Å²) in [6.45, 7) is 2.23. The number of ether oxygens (including phenoxy) is 1. The van der Waals surface area contributed by atoms with E-state index in [1.807, 2.05) is 6.92 Å². The molecule has 6 heteroatoms. The van der Waals surface area contributed by atoms with Crippen LogP contribution < -0.4 is 10.1 Å². The summed E-state index contributed by atoms with van der Waals surface area (Å²) in [5, 5.41) is 20.5. The zero-order valence-corrected chi connectivity index (χ0v) is 11.7. The molecular formula is C13H19NO4S. The molecule has 0 saturated carbocycles. The fraction of sp³-hybridized carbons (Fsp3) is 0.462. The summed E-state index contributed by atoms with van der Waals surface area (Å²) in [5.41, 5.74) is 0.705. The van der Waals surface area contributed by atoms with E-state index in [4.69, 9.17) is 14.9 Å². The molecule has 0 aromatic heterocycles. The molecular weight excluding hydrogens is 266 g/mol. The van der Waals surface area contributed by atoms with Gasteiger partial charge in [-0.05, 0) is 31.2 Å². The monoisotopic (exact) mass is 285 g/mol. The van der Waals surface area contributed by atoms with E-state index < -0.39 is 6.10 Å². The molecule has 1 aromatic rings. The second kappa shape index (κ2) is 8.79. The number of rotatable bonds is 8. The average molecular weight is 285 g/mol. The van der Waals surface area contributed by atoms with Crippen molar-refractivity contribution < 1.29 is 19.7 Å². The number of benzene rings is 1. The Labute approximate surface area is 117 Å². The van der Waals surface area contributed by atoms with Crippen LogP contribution in [0.25, 0.3) is 0 Å². The van der Waals surface area contributed by atoms with Gasteiger partial charge in [-0.15, -0.1) is 11.8 Å². The summed E-state index contributed by atoms with van der Waals surface area (Å²) in [6.07, 6.45) is -0.775. The molecule has 1 unspecified atom stereocenters. The highest BCUT2D eigenvalue weighted by molar-refractivity contribution is 8.00. The van der Waals surface area contributed by atoms with Crippen molar-refractivity contribution in [1.29, 1.82) is 0 Å². The second-order valence-corrected chi connectivity index (χ2v) is 4.89. The van der Waals surface area contributed by atoms with Crippen LogP contribution in [0, 0.1) is 0 Å². The summed E-state index contributed by atoms with van der Waals surface area (Å²) < 4.78 is 5.30. The molecule has 106 valence electrons. The molecule has 1 atom stereocenters. The van der Waals surface area contributed by atoms with E-state index in [9.17, 15) is 4.79 Å². The van der Waals surface area contributed by atoms with E-state index in [1.165, 1.54) is 11.8 Å². The van der Waals surface area contributed by atoms with E-state index in [2.05, 4.69) is 5.32 Å². The molecule has 0 fully saturated rings. The molecule has 5 nitrogen and oxygen atoms in total. The van der Waals surface area contributed by atoms with Gasteiger partial charge in [-0.2, -0.15) is 0 Å². The Morgan fingerprint density at radius 2 is 2.11 bits per heavy atom. The third kappa shape index (κ3) is 6.47. The third-order valence-electron chi connectivity index (χ3n) is 2.20. The molecule has 1 aromatic carbocycles. The van der Waals surface area contributed by atoms with E-state index in [0.717, 1.165) is 5.75 Å². The van der Waals surface area contributed by atoms with Crippen molar-refractivity contribution in [3.63, 3.8) is 0 Å². The molecule has 0 aliphatic rings. The van der Waals surface area contributed by atoms with Gasteiger partial charge >= 0.3 is 0 Å². The first-order valence-corrected chi connectivity index (χ1v) is 7.20. The molecule has 3 N–H and O–H groups in total. The minimum Gasteiger partial charge on any atom is -0.494 e. The Balaban J connectivity index is 2.31. The van der Waals surface area contributed by atoms with Gasteiger partial charge in [0.2, 0.25) is 5.91 Å². The summed E-state index contributed by atoms with van der Waals surface area (Å²) in [6, 6.07) is 7.13. The van der Waals surface area contributed by atoms with Gasteiger partial charge in [0.25, 0.3) is 0 Å². The van der Waals surface area contributed by atoms with Crippen LogP contribution in [-0.2, 0) is 4.79 Å². The van der Waals surface area contributed by atoms with Gasteiger partial charge in [0.15, 0.2) is 0 Å². The van der Waals surface area contributed by atoms with Crippen LogP contribution in [0.4, 0.5) is 5.69 Å². The lowest BCUT2D eigenvalue weighted by atomic mass is 10.3. The van der Waals surface area contributed by atoms with Gasteiger partial charge in [-0.25, -0.2) is 0 Å². The van der Waals surface area contributed by atoms with Crippen LogP contribution in [0.1, 0.15) is 6.92 Å². The van der Waals surface area contributed by atoms with Crippen LogP contribution in [0.5, 0.6) is 5.75 Å². The number of thioether (sulfide) groups is 1. The van der Waals surface area contributed by atoms with Crippen molar-refractivity contribution in [2.24, 2.45) is 0 Å². The van der Waals surface area contributed by atoms with Crippen molar-refractivity contribution in [2.75, 3.05) is 30.0 Å². The molecule has 0 aliphatic carbocycles. The number of anilines is 1. The summed E-state index contributed by atoms with van der Waals surface area (Å²) in [4.78, 5) is 11.6. The maximum absolute atomic E-state index is 11.6. The molecule has 0 radical (unpaired) electrons. The lowest BCUT2D eigenvalue weighted by molar-refractivity contribution is -0.113. The standard InChI is InChI=1S/C13H19NO4S/c1-2-18-12-5-3-10(4-6-12)14-13(17)9-19-8-11(16)7-15/h3-6,11,15-16H,2,7-9H2,1H3,(H,14,17). The maximum atomic E-state index is 11.6. The zero-order valence-electron chi connectivity index (χ0n) is 10.8. The van der Waals surface area contributed by atoms with E-state index in [0.29, 0.717) is 18.0 Å². The molecule has 19 heavy (non-hydrogen) atoms. The predicted octanol–water partition coefficient (Wildman–Crippen LogP) is 1.11. The summed E-state index contributed by atoms with van der Waals surface area (Å²) in [7, 11) is 0. The van der Waals surface area contributed by atoms with Crippen molar-refractivity contribution in [3.8, 4) is 5.75 Å². The molecule has 0 saturated heterocycles. The number of aliphatic hydroxyl groups excluding tert-OH is 2. The SMILES string of the molecule is CCOc1ccc(NC(=O)CSCC(O)CO)cc1. The topological polar surface area (TPSA) is 78.8 Å². The van der Waals surface area contributed by atoms with Crippen LogP contribution >= 0.6 is 11.8 Å². The summed E-state index contributed by atoms with van der Waals surface area (Å²) >= 11 is 1.28. The van der Waals surface area contributed by atoms with E-state index in [-0.39, 0.29) is 18.3 Å².